The van der Waals surface area contributed by atoms with Gasteiger partial charge in [0, 0.05) is 35.1 Å². The summed E-state index contributed by atoms with van der Waals surface area (Å²) in [6.45, 7) is 4.18. The largest absolute Gasteiger partial charge is 0.497 e. The molecule has 0 unspecified atom stereocenters. The van der Waals surface area contributed by atoms with Gasteiger partial charge in [-0.05, 0) is 49.6 Å². The number of rotatable bonds is 7. The topological polar surface area (TPSA) is 93.3 Å². The quantitative estimate of drug-likeness (QED) is 0.624. The van der Waals surface area contributed by atoms with Gasteiger partial charge in [-0.15, -0.1) is 0 Å². The zero-order valence-electron chi connectivity index (χ0n) is 17.3. The molecule has 0 aliphatic carbocycles. The van der Waals surface area contributed by atoms with Crippen LogP contribution in [-0.2, 0) is 12.8 Å². The Morgan fingerprint density at radius 3 is 2.77 bits per heavy atom. The summed E-state index contributed by atoms with van der Waals surface area (Å²) >= 11 is 0. The van der Waals surface area contributed by atoms with Gasteiger partial charge < -0.3 is 19.8 Å². The van der Waals surface area contributed by atoms with E-state index in [4.69, 9.17) is 9.47 Å². The third-order valence-corrected chi connectivity index (χ3v) is 4.75. The third kappa shape index (κ3) is 5.26. The van der Waals surface area contributed by atoms with E-state index in [1.807, 2.05) is 44.2 Å². The van der Waals surface area contributed by atoms with Gasteiger partial charge in [-0.2, -0.15) is 0 Å². The fraction of sp³-hybridized carbons (Fsp3) is 0.261. The normalized spacial score (nSPS) is 10.5. The van der Waals surface area contributed by atoms with Crippen molar-refractivity contribution in [2.24, 2.45) is 0 Å². The Bertz CT molecular complexity index is 1090. The van der Waals surface area contributed by atoms with E-state index in [2.05, 4.69) is 15.3 Å². The number of aryl methyl sites for hydroxylation is 2. The van der Waals surface area contributed by atoms with Crippen LogP contribution in [0.15, 0.2) is 53.6 Å². The highest BCUT2D eigenvalue weighted by molar-refractivity contribution is 5.72. The molecule has 30 heavy (non-hydrogen) atoms. The van der Waals surface area contributed by atoms with Crippen molar-refractivity contribution in [1.82, 2.24) is 15.3 Å². The van der Waals surface area contributed by atoms with Crippen LogP contribution in [0.3, 0.4) is 0 Å². The summed E-state index contributed by atoms with van der Waals surface area (Å²) in [6, 6.07) is 11.3. The first kappa shape index (κ1) is 21.1. The van der Waals surface area contributed by atoms with Crippen LogP contribution >= 0.6 is 0 Å². The van der Waals surface area contributed by atoms with E-state index >= 15 is 0 Å². The number of hydrogen-bond acceptors (Lipinski definition) is 5. The first-order valence-electron chi connectivity index (χ1n) is 9.77. The lowest BCUT2D eigenvalue weighted by molar-refractivity contribution is 0.200. The molecule has 2 heterocycles. The molecule has 0 saturated heterocycles. The fourth-order valence-electron chi connectivity index (χ4n) is 3.13. The number of benzene rings is 1. The number of H-pyrrole nitrogens is 1. The third-order valence-electron chi connectivity index (χ3n) is 4.75. The fourth-order valence-corrected chi connectivity index (χ4v) is 3.13. The number of amides is 1. The number of carbonyl (C=O) groups excluding carboxylic acids is 1. The molecule has 1 amide bonds. The van der Waals surface area contributed by atoms with Gasteiger partial charge in [-0.3, -0.25) is 9.78 Å². The highest BCUT2D eigenvalue weighted by Gasteiger charge is 2.10. The molecule has 0 fully saturated rings. The molecule has 2 N–H and O–H groups in total. The van der Waals surface area contributed by atoms with E-state index in [-0.39, 0.29) is 5.56 Å². The van der Waals surface area contributed by atoms with Crippen LogP contribution in [0.1, 0.15) is 23.7 Å². The summed E-state index contributed by atoms with van der Waals surface area (Å²) in [5, 5.41) is 2.74. The molecule has 7 nitrogen and oxygen atoms in total. The van der Waals surface area contributed by atoms with Crippen LogP contribution in [0, 0.1) is 6.92 Å². The van der Waals surface area contributed by atoms with E-state index in [1.165, 1.54) is 6.20 Å². The second-order valence-corrected chi connectivity index (χ2v) is 6.84. The zero-order valence-corrected chi connectivity index (χ0v) is 17.3. The molecule has 0 spiro atoms. The van der Waals surface area contributed by atoms with Gasteiger partial charge in [0.1, 0.15) is 5.75 Å². The zero-order chi connectivity index (χ0) is 21.5. The van der Waals surface area contributed by atoms with Gasteiger partial charge in [0.2, 0.25) is 0 Å². The Labute approximate surface area is 175 Å². The minimum absolute atomic E-state index is 0.0884. The van der Waals surface area contributed by atoms with Crippen molar-refractivity contribution in [3.8, 4) is 22.6 Å². The minimum Gasteiger partial charge on any atom is -0.497 e. The first-order valence-corrected chi connectivity index (χ1v) is 9.77. The van der Waals surface area contributed by atoms with Gasteiger partial charge in [0.15, 0.2) is 5.75 Å². The maximum atomic E-state index is 12.2. The van der Waals surface area contributed by atoms with Crippen LogP contribution in [0.2, 0.25) is 0 Å². The lowest BCUT2D eigenvalue weighted by Gasteiger charge is -2.10. The Hall–Kier alpha value is -3.61. The van der Waals surface area contributed by atoms with Gasteiger partial charge in [0.25, 0.3) is 5.56 Å². The Balaban J connectivity index is 1.64. The number of pyridine rings is 2. The van der Waals surface area contributed by atoms with E-state index in [0.29, 0.717) is 30.7 Å². The summed E-state index contributed by atoms with van der Waals surface area (Å²) in [5.74, 6) is 1.11. The van der Waals surface area contributed by atoms with Gasteiger partial charge in [0.05, 0.1) is 13.3 Å². The maximum Gasteiger partial charge on any atom is 0.412 e. The van der Waals surface area contributed by atoms with Crippen molar-refractivity contribution in [3.05, 3.63) is 76.0 Å². The second-order valence-electron chi connectivity index (χ2n) is 6.84. The summed E-state index contributed by atoms with van der Waals surface area (Å²) in [5.41, 5.74) is 4.01. The molecule has 0 aliphatic heterocycles. The van der Waals surface area contributed by atoms with Crippen LogP contribution in [-0.4, -0.2) is 29.7 Å². The number of aromatic amines is 1. The predicted molar refractivity (Wildman–Crippen MR) is 115 cm³/mol. The molecule has 0 bridgehead atoms. The number of nitrogens with one attached hydrogen (secondary N) is 2. The van der Waals surface area contributed by atoms with Crippen LogP contribution < -0.4 is 20.3 Å². The monoisotopic (exact) mass is 407 g/mol. The van der Waals surface area contributed by atoms with Crippen molar-refractivity contribution in [1.29, 1.82) is 0 Å². The SMILES string of the molecule is CCc1cc(-c2cncc(OC(=O)NCCc3cccc(OC)c3)c2)c(C)[nH]c1=O. The predicted octanol–water partition coefficient (Wildman–Crippen LogP) is 3.65. The van der Waals surface area contributed by atoms with Crippen LogP contribution in [0.5, 0.6) is 11.5 Å². The van der Waals surface area contributed by atoms with E-state index in [0.717, 1.165) is 28.1 Å². The molecule has 0 atom stereocenters. The van der Waals surface area contributed by atoms with Crippen molar-refractivity contribution >= 4 is 6.09 Å². The first-order chi connectivity index (χ1) is 14.5. The molecule has 0 saturated carbocycles. The van der Waals surface area contributed by atoms with Crippen molar-refractivity contribution < 1.29 is 14.3 Å². The molecular formula is C23H25N3O4. The molecular weight excluding hydrogens is 382 g/mol. The molecule has 1 aromatic carbocycles. The number of ether oxygens (including phenoxy) is 2. The van der Waals surface area contributed by atoms with E-state index in [9.17, 15) is 9.59 Å². The highest BCUT2D eigenvalue weighted by atomic mass is 16.6. The second kappa shape index (κ2) is 9.73. The molecule has 0 aliphatic rings. The van der Waals surface area contributed by atoms with Crippen molar-refractivity contribution in [2.75, 3.05) is 13.7 Å². The Morgan fingerprint density at radius 2 is 2.00 bits per heavy atom. The van der Waals surface area contributed by atoms with E-state index < -0.39 is 6.09 Å². The van der Waals surface area contributed by atoms with Crippen LogP contribution in [0.4, 0.5) is 4.79 Å². The molecule has 7 heteroatoms. The average Bonchev–Trinajstić information content (AvgIpc) is 2.74. The molecule has 2 aromatic heterocycles. The number of hydrogen-bond donors (Lipinski definition) is 2. The van der Waals surface area contributed by atoms with Crippen molar-refractivity contribution in [3.63, 3.8) is 0 Å². The smallest absolute Gasteiger partial charge is 0.412 e. The summed E-state index contributed by atoms with van der Waals surface area (Å²) in [6.07, 6.45) is 3.88. The molecule has 0 radical (unpaired) electrons. The Kier molecular flexibility index (Phi) is 6.85. The standard InChI is InChI=1S/C23H25N3O4/c1-4-17-12-21(15(2)26-22(17)27)18-11-20(14-24-13-18)30-23(28)25-9-8-16-6-5-7-19(10-16)29-3/h5-7,10-14H,4,8-9H2,1-3H3,(H,25,28)(H,26,27). The number of nitrogens with zero attached hydrogens (tertiary/aromatic N) is 1. The maximum absolute atomic E-state index is 12.2. The highest BCUT2D eigenvalue weighted by Crippen LogP contribution is 2.25. The van der Waals surface area contributed by atoms with Crippen LogP contribution in [0.25, 0.3) is 11.1 Å². The number of aromatic nitrogens is 2. The minimum atomic E-state index is -0.552. The lowest BCUT2D eigenvalue weighted by Crippen LogP contribution is -2.28. The lowest BCUT2D eigenvalue weighted by atomic mass is 10.0. The summed E-state index contributed by atoms with van der Waals surface area (Å²) in [4.78, 5) is 31.1. The summed E-state index contributed by atoms with van der Waals surface area (Å²) in [7, 11) is 1.62. The van der Waals surface area contributed by atoms with Gasteiger partial charge in [-0.1, -0.05) is 19.1 Å². The van der Waals surface area contributed by atoms with Crippen molar-refractivity contribution in [2.45, 2.75) is 26.7 Å². The number of methoxy groups -OCH3 is 1. The Morgan fingerprint density at radius 1 is 1.17 bits per heavy atom. The van der Waals surface area contributed by atoms with Gasteiger partial charge >= 0.3 is 6.09 Å². The molecule has 156 valence electrons. The summed E-state index contributed by atoms with van der Waals surface area (Å²) < 4.78 is 10.6. The average molecular weight is 407 g/mol. The van der Waals surface area contributed by atoms with E-state index in [1.54, 1.807) is 19.4 Å². The van der Waals surface area contributed by atoms with Gasteiger partial charge in [-0.25, -0.2) is 4.79 Å². The molecule has 3 aromatic rings. The molecule has 3 rings (SSSR count). The number of carbonyl (C=O) groups is 1.